The number of carboxylic acids is 2. The normalized spacial score (nSPS) is 19.2. The molecule has 0 aliphatic carbocycles. The number of aromatic carboxylic acids is 1. The first-order valence-corrected chi connectivity index (χ1v) is 12.9. The number of nitrogens with one attached hydrogen (secondary N) is 1. The maximum atomic E-state index is 12.9. The van der Waals surface area contributed by atoms with Crippen LogP contribution in [0.3, 0.4) is 0 Å². The number of hydrogen-bond donors (Lipinski definition) is 3. The van der Waals surface area contributed by atoms with Crippen molar-refractivity contribution in [3.8, 4) is 0 Å². The summed E-state index contributed by atoms with van der Waals surface area (Å²) in [6.45, 7) is 1.84. The molecule has 0 aromatic carbocycles. The largest absolute Gasteiger partial charge is 0.543 e. The topological polar surface area (TPSA) is 204 Å². The molecular weight excluding hydrogens is 538 g/mol. The molecule has 0 bridgehead atoms. The van der Waals surface area contributed by atoms with Crippen LogP contribution in [0.1, 0.15) is 29.5 Å². The van der Waals surface area contributed by atoms with Crippen molar-refractivity contribution in [2.75, 3.05) is 18.1 Å². The third-order valence-corrected chi connectivity index (χ3v) is 7.30. The first-order chi connectivity index (χ1) is 18.2. The van der Waals surface area contributed by atoms with E-state index < -0.39 is 35.2 Å². The Morgan fingerprint density at radius 3 is 2.74 bits per heavy atom. The molecule has 0 spiro atoms. The van der Waals surface area contributed by atoms with Crippen LogP contribution in [0.5, 0.6) is 0 Å². The van der Waals surface area contributed by atoms with E-state index >= 15 is 0 Å². The van der Waals surface area contributed by atoms with Crippen molar-refractivity contribution in [1.29, 1.82) is 0 Å². The van der Waals surface area contributed by atoms with Gasteiger partial charge in [0.15, 0.2) is 23.7 Å². The average molecular weight is 560 g/mol. The summed E-state index contributed by atoms with van der Waals surface area (Å²) in [5, 5.41) is 26.7. The maximum absolute atomic E-state index is 12.9. The van der Waals surface area contributed by atoms with Gasteiger partial charge in [-0.25, -0.2) is 4.79 Å². The molecule has 4 heterocycles. The van der Waals surface area contributed by atoms with E-state index in [4.69, 9.17) is 15.7 Å². The summed E-state index contributed by atoms with van der Waals surface area (Å²) in [6.07, 6.45) is 6.63. The summed E-state index contributed by atoms with van der Waals surface area (Å²) in [4.78, 5) is 58.8. The molecule has 1 fully saturated rings. The number of pyridine rings is 1. The Morgan fingerprint density at radius 2 is 2.13 bits per heavy atom. The van der Waals surface area contributed by atoms with Crippen LogP contribution in [0.15, 0.2) is 47.0 Å². The number of nitrogens with two attached hydrogens (primary N) is 1. The first kappa shape index (κ1) is 26.7. The lowest BCUT2D eigenvalue weighted by Gasteiger charge is -2.50. The number of fused-ring (bicyclic) bond motifs is 1. The lowest BCUT2D eigenvalue weighted by Crippen LogP contribution is -2.71. The SMILES string of the molecule is CCON=C(C(=O)NC1C(=O)N2C(C(=O)[O-])=C(CC=C[n+]3ccc(C(=O)O)cc3)CS[C@H]12)c1nsc(N)n1. The fraction of sp³-hybridized carbons (Fsp3) is 0.273. The average Bonchev–Trinajstić information content (AvgIpc) is 3.32. The molecule has 1 saturated heterocycles. The predicted molar refractivity (Wildman–Crippen MR) is 133 cm³/mol. The van der Waals surface area contributed by atoms with Crippen LogP contribution in [0.2, 0.25) is 0 Å². The zero-order valence-electron chi connectivity index (χ0n) is 19.8. The van der Waals surface area contributed by atoms with Gasteiger partial charge >= 0.3 is 5.97 Å². The Bertz CT molecular complexity index is 1370. The molecule has 2 atom stereocenters. The maximum Gasteiger partial charge on any atom is 0.336 e. The van der Waals surface area contributed by atoms with Gasteiger partial charge in [-0.15, -0.1) is 11.8 Å². The van der Waals surface area contributed by atoms with Gasteiger partial charge in [0.2, 0.25) is 11.5 Å². The third kappa shape index (κ3) is 5.50. The summed E-state index contributed by atoms with van der Waals surface area (Å²) in [7, 11) is 0. The van der Waals surface area contributed by atoms with Crippen molar-refractivity contribution >= 4 is 64.1 Å². The van der Waals surface area contributed by atoms with Crippen molar-refractivity contribution in [3.63, 3.8) is 0 Å². The second-order valence-corrected chi connectivity index (χ2v) is 9.73. The van der Waals surface area contributed by atoms with Crippen LogP contribution < -0.4 is 20.7 Å². The lowest BCUT2D eigenvalue weighted by molar-refractivity contribution is -0.568. The monoisotopic (exact) mass is 559 g/mol. The number of hydrogen-bond acceptors (Lipinski definition) is 12. The molecule has 4 N–H and O–H groups in total. The Hall–Kier alpha value is -4.31. The number of rotatable bonds is 10. The van der Waals surface area contributed by atoms with Crippen LogP contribution >= 0.6 is 23.3 Å². The second kappa shape index (κ2) is 11.4. The van der Waals surface area contributed by atoms with Crippen molar-refractivity contribution in [2.45, 2.75) is 24.8 Å². The van der Waals surface area contributed by atoms with E-state index in [1.54, 1.807) is 36.2 Å². The fourth-order valence-electron chi connectivity index (χ4n) is 3.68. The van der Waals surface area contributed by atoms with Gasteiger partial charge in [0, 0.05) is 29.4 Å². The molecule has 14 nitrogen and oxygen atoms in total. The Labute approximate surface area is 223 Å². The van der Waals surface area contributed by atoms with Gasteiger partial charge in [-0.3, -0.25) is 14.5 Å². The minimum Gasteiger partial charge on any atom is -0.543 e. The molecular formula is C22H21N7O7S2. The van der Waals surface area contributed by atoms with Crippen LogP contribution in [0.25, 0.3) is 6.20 Å². The molecule has 2 aliphatic heterocycles. The number of nitrogens with zero attached hydrogens (tertiary/aromatic N) is 5. The fourth-order valence-corrected chi connectivity index (χ4v) is 5.48. The standard InChI is InChI=1S/C22H21N7O7S2/c1-2-36-26-13(16-25-22(23)38-27-16)17(30)24-14-18(31)29-15(21(34)35)12(10-37-19(14)29)4-3-7-28-8-5-11(6-9-28)20(32)33/h3,5-9,14,19H,2,4,10H2,1H3,(H4-,23,24,25,27,30,32,33,34,35)/t14?,19-/m1/s1. The highest BCUT2D eigenvalue weighted by molar-refractivity contribution is 8.00. The van der Waals surface area contributed by atoms with Gasteiger partial charge in [-0.05, 0) is 25.0 Å². The van der Waals surface area contributed by atoms with Gasteiger partial charge in [0.25, 0.3) is 11.8 Å². The second-order valence-electron chi connectivity index (χ2n) is 7.84. The zero-order chi connectivity index (χ0) is 27.4. The van der Waals surface area contributed by atoms with E-state index in [9.17, 15) is 24.3 Å². The number of aliphatic carboxylic acids is 1. The summed E-state index contributed by atoms with van der Waals surface area (Å²) in [5.41, 5.74) is 5.69. The summed E-state index contributed by atoms with van der Waals surface area (Å²) < 4.78 is 5.56. The van der Waals surface area contributed by atoms with Crippen molar-refractivity contribution < 1.29 is 38.8 Å². The van der Waals surface area contributed by atoms with Gasteiger partial charge in [-0.1, -0.05) is 5.16 Å². The molecule has 0 saturated carbocycles. The van der Waals surface area contributed by atoms with E-state index in [0.29, 0.717) is 5.57 Å². The molecule has 2 amide bonds. The van der Waals surface area contributed by atoms with Crippen LogP contribution in [-0.2, 0) is 19.2 Å². The Balaban J connectivity index is 1.47. The number of anilines is 1. The van der Waals surface area contributed by atoms with Crippen molar-refractivity contribution in [3.05, 3.63) is 53.3 Å². The van der Waals surface area contributed by atoms with E-state index in [0.717, 1.165) is 16.4 Å². The molecule has 2 aromatic rings. The van der Waals surface area contributed by atoms with E-state index in [2.05, 4.69) is 19.8 Å². The third-order valence-electron chi connectivity index (χ3n) is 5.42. The molecule has 16 heteroatoms. The van der Waals surface area contributed by atoms with Gasteiger partial charge in [0.05, 0.1) is 17.2 Å². The van der Waals surface area contributed by atoms with E-state index in [1.165, 1.54) is 23.9 Å². The van der Waals surface area contributed by atoms with Crippen molar-refractivity contribution in [2.24, 2.45) is 5.16 Å². The first-order valence-electron chi connectivity index (χ1n) is 11.1. The smallest absolute Gasteiger partial charge is 0.336 e. The number of oxime groups is 1. The number of allylic oxidation sites excluding steroid dienone is 1. The minimum atomic E-state index is -1.50. The van der Waals surface area contributed by atoms with Gasteiger partial charge < -0.3 is 30.9 Å². The Morgan fingerprint density at radius 1 is 1.39 bits per heavy atom. The lowest BCUT2D eigenvalue weighted by atomic mass is 10.0. The molecule has 2 aromatic heterocycles. The van der Waals surface area contributed by atoms with Crippen LogP contribution in [-0.4, -0.2) is 72.6 Å². The molecule has 1 unspecified atom stereocenters. The molecule has 38 heavy (non-hydrogen) atoms. The highest BCUT2D eigenvalue weighted by Gasteiger charge is 2.53. The quantitative estimate of drug-likeness (QED) is 0.137. The summed E-state index contributed by atoms with van der Waals surface area (Å²) in [5.74, 6) is -3.71. The number of carboxylic acid groups (broad SMARTS) is 2. The molecule has 198 valence electrons. The minimum absolute atomic E-state index is 0.0572. The highest BCUT2D eigenvalue weighted by atomic mass is 32.2. The highest BCUT2D eigenvalue weighted by Crippen LogP contribution is 2.41. The number of amides is 2. The Kier molecular flexibility index (Phi) is 8.02. The van der Waals surface area contributed by atoms with Crippen LogP contribution in [0.4, 0.5) is 5.13 Å². The predicted octanol–water partition coefficient (Wildman–Crippen LogP) is -1.19. The number of β-lactam (4-membered cyclic amide) rings is 1. The summed E-state index contributed by atoms with van der Waals surface area (Å²) in [6, 6.07) is 1.85. The molecule has 2 aliphatic rings. The number of carbonyl (C=O) groups excluding carboxylic acids is 3. The number of thioether (sulfide) groups is 1. The van der Waals surface area contributed by atoms with E-state index in [-0.39, 0.29) is 46.7 Å². The molecule has 0 radical (unpaired) electrons. The number of nitrogen functional groups attached to an aromatic ring is 1. The van der Waals surface area contributed by atoms with Gasteiger partial charge in [0.1, 0.15) is 18.0 Å². The summed E-state index contributed by atoms with van der Waals surface area (Å²) >= 11 is 2.16. The van der Waals surface area contributed by atoms with Gasteiger partial charge in [-0.2, -0.15) is 13.9 Å². The molecule has 4 rings (SSSR count). The van der Waals surface area contributed by atoms with Crippen molar-refractivity contribution in [1.82, 2.24) is 19.6 Å². The van der Waals surface area contributed by atoms with Crippen LogP contribution in [0, 0.1) is 0 Å². The number of aromatic nitrogens is 3. The van der Waals surface area contributed by atoms with E-state index in [1.807, 2.05) is 0 Å². The zero-order valence-corrected chi connectivity index (χ0v) is 21.4. The number of carbonyl (C=O) groups is 4.